The second kappa shape index (κ2) is 30.6. The molecular weight excluding hydrogens is 1530 g/mol. The molecule has 1 aliphatic rings. The zero-order chi connectivity index (χ0) is 80.9. The maximum absolute atomic E-state index is 17.5. The highest BCUT2D eigenvalue weighted by atomic mass is 35.5. The van der Waals surface area contributed by atoms with E-state index in [-0.39, 0.29) is 53.7 Å². The smallest absolute Gasteiger partial charge is 0.373 e. The Labute approximate surface area is 660 Å². The highest BCUT2D eigenvalue weighted by Crippen LogP contribution is 2.45. The Balaban J connectivity index is 0.000000141. The number of aromatic nitrogens is 12. The minimum Gasteiger partial charge on any atom is -0.373 e. The summed E-state index contributed by atoms with van der Waals surface area (Å²) in [6.07, 6.45) is 21.6. The fourth-order valence-electron chi connectivity index (χ4n) is 14.1. The molecule has 9 heterocycles. The first-order valence-electron chi connectivity index (χ1n) is 34.9. The fourth-order valence-corrected chi connectivity index (χ4v) is 14.5. The third kappa shape index (κ3) is 14.6. The van der Waals surface area contributed by atoms with Gasteiger partial charge < -0.3 is 29.1 Å². The standard InChI is InChI=1S/C31H24ClFN4O.C28H19ClF3N5O.C28H18ClF3N4O2/c1-3-20-5-4-6-22(13-20)25-15-30(38)37(18-21-7-8-21)27-16-35-28(14-26(25)27)31(33,29-17-34-19-36(29)2)23-9-11-24(32)12-10-23;1-3-17-5-4-6-18(11-17)21-13-26(38)37(28(30,31)32)23-14-35-24(12-22(21)23)27(33,25-15-34-16-36(25)2)19-7-9-20(29)10-8-19;1-3-17-5-4-6-18(11-17)21-13-26(37)36(28(30,31)32)23-14-34-24(12-22(21)23)27(38,25-15-33-16-35(25)2)19-7-9-20(29)10-8-19/h1,4-6,9-17,19,21H,7-8,18H2,2H3;1,4-16H,33H2,2H3;1,4-16,38H,2H3/t31-;2*27-/m111/s1. The number of halogens is 10. The summed E-state index contributed by atoms with van der Waals surface area (Å²) in [5, 5.41) is 14.5. The van der Waals surface area contributed by atoms with Gasteiger partial charge in [-0.2, -0.15) is 0 Å². The molecule has 6 aromatic carbocycles. The summed E-state index contributed by atoms with van der Waals surface area (Å²) in [6.45, 7) is 0.612. The van der Waals surface area contributed by atoms with Gasteiger partial charge in [0, 0.05) is 99.4 Å². The number of rotatable bonds is 14. The third-order valence-corrected chi connectivity index (χ3v) is 20.7. The van der Waals surface area contributed by atoms with Crippen molar-refractivity contribution in [2.24, 2.45) is 32.8 Å². The Morgan fingerprint density at radius 1 is 0.447 bits per heavy atom. The number of alkyl halides is 7. The van der Waals surface area contributed by atoms with Gasteiger partial charge in [-0.25, -0.2) is 28.5 Å². The summed E-state index contributed by atoms with van der Waals surface area (Å²) >= 11 is 18.3. The van der Waals surface area contributed by atoms with Gasteiger partial charge in [0.2, 0.25) is 5.67 Å². The number of nitrogens with zero attached hydrogens (tertiary/aromatic N) is 12. The molecule has 0 spiro atoms. The third-order valence-electron chi connectivity index (χ3n) is 20.0. The van der Waals surface area contributed by atoms with Gasteiger partial charge in [-0.05, 0) is 154 Å². The molecule has 3 N–H and O–H groups in total. The number of hydrogen-bond acceptors (Lipinski definition) is 11. The van der Waals surface area contributed by atoms with E-state index >= 15 is 4.39 Å². The predicted molar refractivity (Wildman–Crippen MR) is 425 cm³/mol. The summed E-state index contributed by atoms with van der Waals surface area (Å²) in [5.41, 5.74) is 6.15. The molecule has 0 amide bonds. The van der Waals surface area contributed by atoms with E-state index in [1.807, 2.05) is 24.3 Å². The summed E-state index contributed by atoms with van der Waals surface area (Å²) in [5.74, 6) is 8.11. The van der Waals surface area contributed by atoms with Crippen LogP contribution in [0.25, 0.3) is 66.1 Å². The van der Waals surface area contributed by atoms with Crippen molar-refractivity contribution in [3.63, 3.8) is 0 Å². The number of fused-ring (bicyclic) bond motifs is 3. The van der Waals surface area contributed by atoms with Gasteiger partial charge in [0.25, 0.3) is 16.7 Å². The molecule has 9 aromatic heterocycles. The lowest BCUT2D eigenvalue weighted by Gasteiger charge is -2.30. The van der Waals surface area contributed by atoms with Gasteiger partial charge in [0.05, 0.1) is 107 Å². The van der Waals surface area contributed by atoms with Crippen molar-refractivity contribution in [3.8, 4) is 70.4 Å². The Morgan fingerprint density at radius 3 is 1.24 bits per heavy atom. The lowest BCUT2D eigenvalue weighted by Crippen LogP contribution is -2.42. The van der Waals surface area contributed by atoms with Gasteiger partial charge in [-0.15, -0.1) is 45.6 Å². The van der Waals surface area contributed by atoms with Crippen LogP contribution in [0.1, 0.15) is 80.4 Å². The molecule has 0 bridgehead atoms. The van der Waals surface area contributed by atoms with Gasteiger partial charge in [-0.1, -0.05) is 125 Å². The molecule has 114 heavy (non-hydrogen) atoms. The average Bonchev–Trinajstić information content (AvgIpc) is 1.17. The molecule has 27 heteroatoms. The molecule has 568 valence electrons. The van der Waals surface area contributed by atoms with Crippen LogP contribution in [-0.4, -0.2) is 62.4 Å². The number of terminal acetylenes is 3. The van der Waals surface area contributed by atoms with E-state index < -0.39 is 51.6 Å². The van der Waals surface area contributed by atoms with Crippen molar-refractivity contribution in [2.45, 2.75) is 48.8 Å². The Morgan fingerprint density at radius 2 is 0.816 bits per heavy atom. The van der Waals surface area contributed by atoms with Crippen LogP contribution < -0.4 is 22.4 Å². The summed E-state index contributed by atoms with van der Waals surface area (Å²) in [7, 11) is 5.17. The number of imidazole rings is 3. The summed E-state index contributed by atoms with van der Waals surface area (Å²) in [4.78, 5) is 64.4. The molecule has 17 nitrogen and oxygen atoms in total. The topological polar surface area (TPSA) is 204 Å². The Hall–Kier alpha value is -13.0. The lowest BCUT2D eigenvalue weighted by atomic mass is 9.83. The molecule has 15 aromatic rings. The molecule has 0 aliphatic heterocycles. The molecular formula is C87H61Cl3F7N13O4. The molecule has 0 radical (unpaired) electrons. The van der Waals surface area contributed by atoms with Crippen LogP contribution in [0, 0.1) is 42.9 Å². The average molecular weight is 1590 g/mol. The maximum Gasteiger partial charge on any atom is 0.491 e. The first-order chi connectivity index (χ1) is 54.4. The first-order valence-corrected chi connectivity index (χ1v) is 36.0. The number of hydrogen-bond donors (Lipinski definition) is 2. The number of nitrogens with two attached hydrogens (primary N) is 1. The maximum atomic E-state index is 17.5. The van der Waals surface area contributed by atoms with Gasteiger partial charge in [0.1, 0.15) is 5.54 Å². The van der Waals surface area contributed by atoms with Gasteiger partial charge in [-0.3, -0.25) is 29.3 Å². The minimum absolute atomic E-state index is 0.0117. The molecule has 0 unspecified atom stereocenters. The number of pyridine rings is 6. The second-order valence-electron chi connectivity index (χ2n) is 27.2. The molecule has 1 fully saturated rings. The highest BCUT2D eigenvalue weighted by molar-refractivity contribution is 6.31. The SMILES string of the molecule is C#Cc1cccc(-c2cc(=O)n(C(F)(F)F)c3cnc([C@](N)(c4ccc(Cl)cc4)c4cncn4C)cc23)c1.C#Cc1cccc(-c2cc(=O)n(C(F)(F)F)c3cnc([C@](O)(c4ccc(Cl)cc4)c4cncn4C)cc23)c1.C#Cc1cccc(-c2cc(=O)n(CC3CC3)c3cnc([C@](F)(c4ccc(Cl)cc4)c4cncn4C)cc23)c1. The van der Waals surface area contributed by atoms with E-state index in [0.717, 1.165) is 48.3 Å². The molecule has 16 rings (SSSR count). The number of aryl methyl sites for hydroxylation is 3. The van der Waals surface area contributed by atoms with Gasteiger partial charge >= 0.3 is 12.6 Å². The number of aliphatic hydroxyl groups is 1. The van der Waals surface area contributed by atoms with Crippen molar-refractivity contribution < 1.29 is 35.8 Å². The molecule has 0 saturated heterocycles. The van der Waals surface area contributed by atoms with E-state index in [1.54, 1.807) is 198 Å². The van der Waals surface area contributed by atoms with Crippen LogP contribution in [-0.2, 0) is 57.1 Å². The van der Waals surface area contributed by atoms with Crippen LogP contribution in [0.4, 0.5) is 30.7 Å². The molecule has 1 aliphatic carbocycles. The quantitative estimate of drug-likeness (QED) is 0.0774. The van der Waals surface area contributed by atoms with E-state index in [2.05, 4.69) is 47.7 Å². The van der Waals surface area contributed by atoms with E-state index in [4.69, 9.17) is 59.8 Å². The van der Waals surface area contributed by atoms with Crippen molar-refractivity contribution >= 4 is 67.5 Å². The lowest BCUT2D eigenvalue weighted by molar-refractivity contribution is -0.203. The zero-order valence-electron chi connectivity index (χ0n) is 60.3. The van der Waals surface area contributed by atoms with Crippen LogP contribution >= 0.6 is 34.8 Å². The predicted octanol–water partition coefficient (Wildman–Crippen LogP) is 16.5. The van der Waals surface area contributed by atoms with Crippen LogP contribution in [0.2, 0.25) is 15.1 Å². The zero-order valence-corrected chi connectivity index (χ0v) is 62.6. The van der Waals surface area contributed by atoms with Crippen LogP contribution in [0.15, 0.2) is 253 Å². The molecule has 1 saturated carbocycles. The number of benzene rings is 6. The Bertz CT molecular complexity index is 6340. The summed E-state index contributed by atoms with van der Waals surface area (Å²) in [6, 6.07) is 48.4. The van der Waals surface area contributed by atoms with Crippen molar-refractivity contribution in [1.29, 1.82) is 0 Å². The molecule has 3 atom stereocenters. The van der Waals surface area contributed by atoms with Crippen molar-refractivity contribution in [2.75, 3.05) is 0 Å². The van der Waals surface area contributed by atoms with Crippen molar-refractivity contribution in [3.05, 3.63) is 352 Å². The van der Waals surface area contributed by atoms with Crippen LogP contribution in [0.5, 0.6) is 0 Å². The van der Waals surface area contributed by atoms with E-state index in [1.165, 1.54) is 30.9 Å². The van der Waals surface area contributed by atoms with Crippen LogP contribution in [0.3, 0.4) is 0 Å². The minimum atomic E-state index is -5.01. The van der Waals surface area contributed by atoms with Crippen molar-refractivity contribution in [1.82, 2.24) is 57.3 Å². The normalized spacial score (nSPS) is 13.8. The Kier molecular flexibility index (Phi) is 20.9. The van der Waals surface area contributed by atoms with E-state index in [0.29, 0.717) is 100 Å². The second-order valence-corrected chi connectivity index (χ2v) is 28.5. The first kappa shape index (κ1) is 77.7. The van der Waals surface area contributed by atoms with Gasteiger partial charge in [0.15, 0.2) is 5.60 Å². The summed E-state index contributed by atoms with van der Waals surface area (Å²) < 4.78 is 108. The monoisotopic (exact) mass is 1590 g/mol. The largest absolute Gasteiger partial charge is 0.491 e. The fraction of sp³-hybridized carbons (Fsp3) is 0.138. The highest BCUT2D eigenvalue weighted by Gasteiger charge is 2.44. The van der Waals surface area contributed by atoms with E-state index in [9.17, 15) is 45.8 Å².